The van der Waals surface area contributed by atoms with Crippen molar-refractivity contribution >= 4 is 5.91 Å². The molecule has 0 saturated carbocycles. The number of ether oxygens (including phenoxy) is 1. The van der Waals surface area contributed by atoms with E-state index in [9.17, 15) is 4.79 Å². The van der Waals surface area contributed by atoms with Crippen LogP contribution in [0.5, 0.6) is 5.75 Å². The van der Waals surface area contributed by atoms with Crippen molar-refractivity contribution in [2.24, 2.45) is 5.73 Å². The summed E-state index contributed by atoms with van der Waals surface area (Å²) in [6.07, 6.45) is 2.00. The Morgan fingerprint density at radius 1 is 1.32 bits per heavy atom. The van der Waals surface area contributed by atoms with Crippen molar-refractivity contribution in [3.05, 3.63) is 29.8 Å². The van der Waals surface area contributed by atoms with Crippen LogP contribution in [0.3, 0.4) is 0 Å². The number of hydrogen-bond donors (Lipinski definition) is 2. The quantitative estimate of drug-likeness (QED) is 0.790. The molecule has 0 aromatic heterocycles. The van der Waals surface area contributed by atoms with E-state index in [0.717, 1.165) is 12.2 Å². The molecule has 1 aromatic rings. The second-order valence-electron chi connectivity index (χ2n) is 5.44. The summed E-state index contributed by atoms with van der Waals surface area (Å²) in [6, 6.07) is 7.87. The number of hydrogen-bond acceptors (Lipinski definition) is 3. The molecule has 1 amide bonds. The highest BCUT2D eigenvalue weighted by atomic mass is 16.5. The highest BCUT2D eigenvalue weighted by Crippen LogP contribution is 2.11. The van der Waals surface area contributed by atoms with Crippen LogP contribution in [0.15, 0.2) is 24.3 Å². The number of nitrogens with one attached hydrogen (secondary N) is 1. The first-order chi connectivity index (χ1) is 8.90. The smallest absolute Gasteiger partial charge is 0.220 e. The standard InChI is InChI=1S/C15H24N2O2/c1-15(2,16)10-8-14(18)17-11-9-12-4-6-13(19-3)7-5-12/h4-7H,8-11,16H2,1-3H3,(H,17,18). The molecule has 0 atom stereocenters. The highest BCUT2D eigenvalue weighted by Gasteiger charge is 2.12. The van der Waals surface area contributed by atoms with Gasteiger partial charge in [-0.1, -0.05) is 12.1 Å². The van der Waals surface area contributed by atoms with Crippen molar-refractivity contribution in [2.75, 3.05) is 13.7 Å². The Bertz CT molecular complexity index is 394. The maximum Gasteiger partial charge on any atom is 0.220 e. The van der Waals surface area contributed by atoms with Crippen molar-refractivity contribution < 1.29 is 9.53 Å². The number of methoxy groups -OCH3 is 1. The van der Waals surface area contributed by atoms with Gasteiger partial charge in [-0.25, -0.2) is 0 Å². The van der Waals surface area contributed by atoms with Crippen molar-refractivity contribution in [3.8, 4) is 5.75 Å². The van der Waals surface area contributed by atoms with Gasteiger partial charge in [0.15, 0.2) is 0 Å². The summed E-state index contributed by atoms with van der Waals surface area (Å²) in [5, 5.41) is 2.91. The molecule has 0 bridgehead atoms. The summed E-state index contributed by atoms with van der Waals surface area (Å²) in [6.45, 7) is 4.51. The average molecular weight is 264 g/mol. The third-order valence-corrected chi connectivity index (χ3v) is 2.89. The van der Waals surface area contributed by atoms with Crippen LogP contribution in [-0.4, -0.2) is 25.1 Å². The zero-order valence-corrected chi connectivity index (χ0v) is 12.0. The maximum atomic E-state index is 11.6. The monoisotopic (exact) mass is 264 g/mol. The van der Waals surface area contributed by atoms with Crippen LogP contribution in [0.4, 0.5) is 0 Å². The molecule has 0 unspecified atom stereocenters. The molecule has 0 aliphatic carbocycles. The van der Waals surface area contributed by atoms with Gasteiger partial charge in [0.25, 0.3) is 0 Å². The molecular weight excluding hydrogens is 240 g/mol. The lowest BCUT2D eigenvalue weighted by atomic mass is 10.00. The summed E-state index contributed by atoms with van der Waals surface area (Å²) in [5.41, 5.74) is 6.74. The Labute approximate surface area is 115 Å². The zero-order valence-electron chi connectivity index (χ0n) is 12.0. The van der Waals surface area contributed by atoms with Crippen LogP contribution in [-0.2, 0) is 11.2 Å². The molecule has 0 aliphatic heterocycles. The Balaban J connectivity index is 2.24. The number of amides is 1. The molecule has 4 nitrogen and oxygen atoms in total. The molecule has 0 saturated heterocycles. The second-order valence-corrected chi connectivity index (χ2v) is 5.44. The van der Waals surface area contributed by atoms with E-state index in [2.05, 4.69) is 5.32 Å². The van der Waals surface area contributed by atoms with E-state index in [0.29, 0.717) is 19.4 Å². The van der Waals surface area contributed by atoms with Gasteiger partial charge in [-0.3, -0.25) is 4.79 Å². The molecule has 3 N–H and O–H groups in total. The van der Waals surface area contributed by atoms with Crippen LogP contribution in [0.25, 0.3) is 0 Å². The minimum atomic E-state index is -0.284. The van der Waals surface area contributed by atoms with Crippen LogP contribution in [0, 0.1) is 0 Å². The molecule has 19 heavy (non-hydrogen) atoms. The van der Waals surface area contributed by atoms with Gasteiger partial charge in [-0.2, -0.15) is 0 Å². The van der Waals surface area contributed by atoms with Crippen LogP contribution in [0.1, 0.15) is 32.3 Å². The zero-order chi connectivity index (χ0) is 14.3. The molecule has 0 spiro atoms. The van der Waals surface area contributed by atoms with E-state index in [1.165, 1.54) is 5.56 Å². The molecule has 1 aromatic carbocycles. The van der Waals surface area contributed by atoms with E-state index in [1.807, 2.05) is 38.1 Å². The molecule has 0 fully saturated rings. The number of nitrogens with two attached hydrogens (primary N) is 1. The SMILES string of the molecule is COc1ccc(CCNC(=O)CCC(C)(C)N)cc1. The van der Waals surface area contributed by atoms with Gasteiger partial charge < -0.3 is 15.8 Å². The van der Waals surface area contributed by atoms with Gasteiger partial charge >= 0.3 is 0 Å². The van der Waals surface area contributed by atoms with Crippen molar-refractivity contribution in [3.63, 3.8) is 0 Å². The number of rotatable bonds is 7. The minimum Gasteiger partial charge on any atom is -0.497 e. The summed E-state index contributed by atoms with van der Waals surface area (Å²) in [5.74, 6) is 0.907. The topological polar surface area (TPSA) is 64.3 Å². The Kier molecular flexibility index (Phi) is 5.83. The number of carbonyl (C=O) groups excluding carboxylic acids is 1. The predicted octanol–water partition coefficient (Wildman–Crippen LogP) is 1.87. The largest absolute Gasteiger partial charge is 0.497 e. The van der Waals surface area contributed by atoms with E-state index in [-0.39, 0.29) is 11.4 Å². The van der Waals surface area contributed by atoms with Crippen molar-refractivity contribution in [1.82, 2.24) is 5.32 Å². The lowest BCUT2D eigenvalue weighted by Gasteiger charge is -2.17. The van der Waals surface area contributed by atoms with E-state index in [1.54, 1.807) is 7.11 Å². The lowest BCUT2D eigenvalue weighted by Crippen LogP contribution is -2.34. The van der Waals surface area contributed by atoms with Gasteiger partial charge in [0.05, 0.1) is 7.11 Å². The van der Waals surface area contributed by atoms with E-state index in [4.69, 9.17) is 10.5 Å². The molecule has 106 valence electrons. The van der Waals surface area contributed by atoms with Gasteiger partial charge in [-0.15, -0.1) is 0 Å². The Morgan fingerprint density at radius 2 is 1.95 bits per heavy atom. The second kappa shape index (κ2) is 7.14. The minimum absolute atomic E-state index is 0.0621. The Hall–Kier alpha value is -1.55. The molecule has 1 rings (SSSR count). The maximum absolute atomic E-state index is 11.6. The molecule has 0 aliphatic rings. The fraction of sp³-hybridized carbons (Fsp3) is 0.533. The van der Waals surface area contributed by atoms with Gasteiger partial charge in [-0.05, 0) is 44.4 Å². The first kappa shape index (κ1) is 15.5. The molecular formula is C15H24N2O2. The molecule has 4 heteroatoms. The normalized spacial score (nSPS) is 11.2. The van der Waals surface area contributed by atoms with Gasteiger partial charge in [0.1, 0.15) is 5.75 Å². The summed E-state index contributed by atoms with van der Waals surface area (Å²) < 4.78 is 5.09. The van der Waals surface area contributed by atoms with Crippen molar-refractivity contribution in [1.29, 1.82) is 0 Å². The Morgan fingerprint density at radius 3 is 2.47 bits per heavy atom. The van der Waals surface area contributed by atoms with Gasteiger partial charge in [0.2, 0.25) is 5.91 Å². The molecule has 0 heterocycles. The molecule has 0 radical (unpaired) electrons. The highest BCUT2D eigenvalue weighted by molar-refractivity contribution is 5.75. The van der Waals surface area contributed by atoms with Crippen molar-refractivity contribution in [2.45, 2.75) is 38.6 Å². The summed E-state index contributed by atoms with van der Waals surface area (Å²) >= 11 is 0. The first-order valence-corrected chi connectivity index (χ1v) is 6.59. The number of carbonyl (C=O) groups is 1. The first-order valence-electron chi connectivity index (χ1n) is 6.59. The fourth-order valence-electron chi connectivity index (χ4n) is 1.66. The van der Waals surface area contributed by atoms with Gasteiger partial charge in [0, 0.05) is 18.5 Å². The van der Waals surface area contributed by atoms with Crippen LogP contribution >= 0.6 is 0 Å². The lowest BCUT2D eigenvalue weighted by molar-refractivity contribution is -0.121. The average Bonchev–Trinajstić information content (AvgIpc) is 2.36. The van der Waals surface area contributed by atoms with Crippen LogP contribution < -0.4 is 15.8 Å². The van der Waals surface area contributed by atoms with Crippen LogP contribution in [0.2, 0.25) is 0 Å². The summed E-state index contributed by atoms with van der Waals surface area (Å²) in [4.78, 5) is 11.6. The third kappa shape index (κ3) is 6.82. The fourth-order valence-corrected chi connectivity index (χ4v) is 1.66. The summed E-state index contributed by atoms with van der Waals surface area (Å²) in [7, 11) is 1.65. The predicted molar refractivity (Wildman–Crippen MR) is 77.2 cm³/mol. The van der Waals surface area contributed by atoms with E-state index >= 15 is 0 Å². The number of benzene rings is 1. The third-order valence-electron chi connectivity index (χ3n) is 2.89. The van der Waals surface area contributed by atoms with E-state index < -0.39 is 0 Å².